The largest absolute Gasteiger partial charge is 0.353 e. The van der Waals surface area contributed by atoms with Crippen molar-refractivity contribution in [1.82, 2.24) is 0 Å². The summed E-state index contributed by atoms with van der Waals surface area (Å²) in [6, 6.07) is 7.92. The van der Waals surface area contributed by atoms with E-state index in [0.29, 0.717) is 5.75 Å². The second kappa shape index (κ2) is 6.37. The summed E-state index contributed by atoms with van der Waals surface area (Å²) in [5, 5.41) is -0.410. The Hall–Kier alpha value is -0.720. The minimum atomic E-state index is -3.06. The van der Waals surface area contributed by atoms with E-state index in [1.807, 2.05) is 36.1 Å². The SMILES string of the molecule is CCS(=O)(=O)C1CSCCN1c1ccc([C@@H](C)N)cc1. The van der Waals surface area contributed by atoms with E-state index in [1.165, 1.54) is 0 Å². The molecule has 1 aliphatic rings. The molecule has 20 heavy (non-hydrogen) atoms. The number of hydrogen-bond acceptors (Lipinski definition) is 5. The summed E-state index contributed by atoms with van der Waals surface area (Å²) in [5.74, 6) is 1.79. The summed E-state index contributed by atoms with van der Waals surface area (Å²) >= 11 is 1.71. The Labute approximate surface area is 125 Å². The van der Waals surface area contributed by atoms with Crippen molar-refractivity contribution in [1.29, 1.82) is 0 Å². The van der Waals surface area contributed by atoms with E-state index in [2.05, 4.69) is 0 Å². The molecule has 2 N–H and O–H groups in total. The maximum absolute atomic E-state index is 12.2. The van der Waals surface area contributed by atoms with Crippen LogP contribution in [0.4, 0.5) is 5.69 Å². The van der Waals surface area contributed by atoms with Crippen LogP contribution in [0.1, 0.15) is 25.5 Å². The molecule has 2 atom stereocenters. The normalized spacial score (nSPS) is 21.8. The summed E-state index contributed by atoms with van der Waals surface area (Å²) in [6.07, 6.45) is 0. The standard InChI is InChI=1S/C14H22N2O2S2/c1-3-20(17,18)14-10-19-9-8-16(14)13-6-4-12(5-7-13)11(2)15/h4-7,11,14H,3,8-10,15H2,1-2H3/t11-,14?/m1/s1. The minimum Gasteiger partial charge on any atom is -0.353 e. The first-order valence-electron chi connectivity index (χ1n) is 6.87. The van der Waals surface area contributed by atoms with Gasteiger partial charge in [0, 0.05) is 35.5 Å². The van der Waals surface area contributed by atoms with Crippen LogP contribution in [-0.4, -0.2) is 37.6 Å². The number of thioether (sulfide) groups is 1. The Morgan fingerprint density at radius 2 is 2.05 bits per heavy atom. The lowest BCUT2D eigenvalue weighted by Gasteiger charge is -2.36. The van der Waals surface area contributed by atoms with Crippen molar-refractivity contribution >= 4 is 27.3 Å². The van der Waals surface area contributed by atoms with Gasteiger partial charge in [-0.15, -0.1) is 0 Å². The molecule has 0 spiro atoms. The molecule has 1 heterocycles. The van der Waals surface area contributed by atoms with Gasteiger partial charge in [-0.05, 0) is 24.6 Å². The van der Waals surface area contributed by atoms with Crippen molar-refractivity contribution in [3.05, 3.63) is 29.8 Å². The zero-order chi connectivity index (χ0) is 14.8. The molecule has 2 rings (SSSR count). The Morgan fingerprint density at radius 3 is 2.60 bits per heavy atom. The lowest BCUT2D eigenvalue weighted by atomic mass is 10.1. The van der Waals surface area contributed by atoms with Gasteiger partial charge in [-0.3, -0.25) is 0 Å². The predicted molar refractivity (Wildman–Crippen MR) is 87.0 cm³/mol. The Kier molecular flexibility index (Phi) is 4.99. The predicted octanol–water partition coefficient (Wildman–Crippen LogP) is 2.02. The molecule has 112 valence electrons. The molecular formula is C14H22N2O2S2. The first-order chi connectivity index (χ1) is 9.45. The van der Waals surface area contributed by atoms with Crippen LogP contribution in [0.15, 0.2) is 24.3 Å². The fourth-order valence-corrected chi connectivity index (χ4v) is 5.33. The third-order valence-electron chi connectivity index (χ3n) is 3.65. The molecule has 1 unspecified atom stereocenters. The molecule has 1 aromatic rings. The third kappa shape index (κ3) is 3.30. The molecule has 0 amide bonds. The van der Waals surface area contributed by atoms with Gasteiger partial charge in [-0.1, -0.05) is 19.1 Å². The molecule has 0 aromatic heterocycles. The summed E-state index contributed by atoms with van der Waals surface area (Å²) in [6.45, 7) is 4.43. The van der Waals surface area contributed by atoms with E-state index < -0.39 is 15.2 Å². The van der Waals surface area contributed by atoms with Crippen molar-refractivity contribution < 1.29 is 8.42 Å². The van der Waals surface area contributed by atoms with Gasteiger partial charge in [-0.2, -0.15) is 11.8 Å². The van der Waals surface area contributed by atoms with Crippen LogP contribution in [0.3, 0.4) is 0 Å². The molecule has 0 aliphatic carbocycles. The Balaban J connectivity index is 2.28. The molecule has 4 nitrogen and oxygen atoms in total. The topological polar surface area (TPSA) is 63.4 Å². The van der Waals surface area contributed by atoms with E-state index >= 15 is 0 Å². The van der Waals surface area contributed by atoms with E-state index in [-0.39, 0.29) is 11.8 Å². The molecule has 1 saturated heterocycles. The average Bonchev–Trinajstić information content (AvgIpc) is 2.47. The van der Waals surface area contributed by atoms with Crippen LogP contribution in [0.25, 0.3) is 0 Å². The van der Waals surface area contributed by atoms with Gasteiger partial charge in [0.1, 0.15) is 5.37 Å². The summed E-state index contributed by atoms with van der Waals surface area (Å²) in [5.41, 5.74) is 7.88. The van der Waals surface area contributed by atoms with Crippen LogP contribution >= 0.6 is 11.8 Å². The molecule has 1 aliphatic heterocycles. The first kappa shape index (κ1) is 15.7. The summed E-state index contributed by atoms with van der Waals surface area (Å²) in [4.78, 5) is 2.01. The molecule has 0 saturated carbocycles. The molecule has 1 aromatic carbocycles. The number of sulfone groups is 1. The van der Waals surface area contributed by atoms with E-state index in [1.54, 1.807) is 18.7 Å². The highest BCUT2D eigenvalue weighted by molar-refractivity contribution is 8.01. The maximum atomic E-state index is 12.2. The summed E-state index contributed by atoms with van der Waals surface area (Å²) < 4.78 is 24.5. The third-order valence-corrected chi connectivity index (χ3v) is 6.94. The lowest BCUT2D eigenvalue weighted by Crippen LogP contribution is -2.48. The zero-order valence-corrected chi connectivity index (χ0v) is 13.6. The monoisotopic (exact) mass is 314 g/mol. The smallest absolute Gasteiger partial charge is 0.171 e. The highest BCUT2D eigenvalue weighted by atomic mass is 32.2. The maximum Gasteiger partial charge on any atom is 0.171 e. The quantitative estimate of drug-likeness (QED) is 0.921. The van der Waals surface area contributed by atoms with Crippen molar-refractivity contribution in [2.45, 2.75) is 25.3 Å². The van der Waals surface area contributed by atoms with Crippen LogP contribution in [0.2, 0.25) is 0 Å². The van der Waals surface area contributed by atoms with Crippen LogP contribution in [-0.2, 0) is 9.84 Å². The van der Waals surface area contributed by atoms with Gasteiger partial charge in [0.2, 0.25) is 0 Å². The second-order valence-electron chi connectivity index (χ2n) is 5.05. The van der Waals surface area contributed by atoms with Gasteiger partial charge < -0.3 is 10.6 Å². The molecule has 0 radical (unpaired) electrons. The molecule has 0 bridgehead atoms. The minimum absolute atomic E-state index is 0.00358. The fraction of sp³-hybridized carbons (Fsp3) is 0.571. The highest BCUT2D eigenvalue weighted by Gasteiger charge is 2.32. The lowest BCUT2D eigenvalue weighted by molar-refractivity contribution is 0.579. The molecular weight excluding hydrogens is 292 g/mol. The van der Waals surface area contributed by atoms with Crippen molar-refractivity contribution in [3.8, 4) is 0 Å². The van der Waals surface area contributed by atoms with E-state index in [4.69, 9.17) is 5.73 Å². The van der Waals surface area contributed by atoms with Crippen LogP contribution in [0, 0.1) is 0 Å². The van der Waals surface area contributed by atoms with Crippen molar-refractivity contribution in [2.75, 3.05) is 28.7 Å². The number of nitrogens with two attached hydrogens (primary N) is 1. The molecule has 6 heteroatoms. The van der Waals surface area contributed by atoms with Gasteiger partial charge in [0.25, 0.3) is 0 Å². The van der Waals surface area contributed by atoms with Crippen molar-refractivity contribution in [3.63, 3.8) is 0 Å². The Morgan fingerprint density at radius 1 is 1.40 bits per heavy atom. The van der Waals surface area contributed by atoms with Gasteiger partial charge >= 0.3 is 0 Å². The highest BCUT2D eigenvalue weighted by Crippen LogP contribution is 2.28. The zero-order valence-electron chi connectivity index (χ0n) is 12.0. The van der Waals surface area contributed by atoms with Gasteiger partial charge in [-0.25, -0.2) is 8.42 Å². The van der Waals surface area contributed by atoms with Gasteiger partial charge in [0.05, 0.1) is 0 Å². The second-order valence-corrected chi connectivity index (χ2v) is 8.65. The first-order valence-corrected chi connectivity index (χ1v) is 9.74. The fourth-order valence-electron chi connectivity index (χ4n) is 2.34. The Bertz CT molecular complexity index is 541. The average molecular weight is 314 g/mol. The number of nitrogens with zero attached hydrogens (tertiary/aromatic N) is 1. The number of rotatable bonds is 4. The van der Waals surface area contributed by atoms with Gasteiger partial charge in [0.15, 0.2) is 9.84 Å². The van der Waals surface area contributed by atoms with E-state index in [0.717, 1.165) is 23.5 Å². The summed E-state index contributed by atoms with van der Waals surface area (Å²) in [7, 11) is -3.06. The van der Waals surface area contributed by atoms with Crippen LogP contribution in [0.5, 0.6) is 0 Å². The molecule has 1 fully saturated rings. The number of benzene rings is 1. The van der Waals surface area contributed by atoms with E-state index in [9.17, 15) is 8.42 Å². The number of hydrogen-bond donors (Lipinski definition) is 1. The van der Waals surface area contributed by atoms with Crippen LogP contribution < -0.4 is 10.6 Å². The number of anilines is 1. The van der Waals surface area contributed by atoms with Crippen molar-refractivity contribution in [2.24, 2.45) is 5.73 Å².